The first-order valence-electron chi connectivity index (χ1n) is 7.80. The van der Waals surface area contributed by atoms with Crippen LogP contribution in [-0.4, -0.2) is 21.8 Å². The molecule has 2 aromatic rings. The first-order valence-corrected chi connectivity index (χ1v) is 9.66. The van der Waals surface area contributed by atoms with E-state index in [4.69, 9.17) is 25.8 Å². The molecular weight excluding hydrogens is 366 g/mol. The fourth-order valence-corrected chi connectivity index (χ4v) is 3.49. The van der Waals surface area contributed by atoms with Crippen LogP contribution in [0.15, 0.2) is 41.3 Å². The molecule has 0 aromatic heterocycles. The third kappa shape index (κ3) is 4.18. The molecule has 1 heterocycles. The number of nitrogens with one attached hydrogen (secondary N) is 1. The van der Waals surface area contributed by atoms with Crippen molar-refractivity contribution in [1.29, 1.82) is 0 Å². The van der Waals surface area contributed by atoms with Crippen LogP contribution in [0.3, 0.4) is 0 Å². The van der Waals surface area contributed by atoms with Gasteiger partial charge in [-0.1, -0.05) is 24.6 Å². The molecule has 25 heavy (non-hydrogen) atoms. The molecule has 2 aromatic carbocycles. The molecule has 0 saturated heterocycles. The zero-order valence-electron chi connectivity index (χ0n) is 13.6. The normalized spacial score (nSPS) is 13.0. The first-order chi connectivity index (χ1) is 12.0. The Hall–Kier alpha value is -1.96. The van der Waals surface area contributed by atoms with Crippen molar-refractivity contribution in [3.8, 4) is 17.2 Å². The summed E-state index contributed by atoms with van der Waals surface area (Å²) in [5.41, 5.74) is 0.768. The average Bonchev–Trinajstić information content (AvgIpc) is 3.07. The Morgan fingerprint density at radius 2 is 1.96 bits per heavy atom. The third-order valence-electron chi connectivity index (χ3n) is 3.58. The van der Waals surface area contributed by atoms with E-state index in [2.05, 4.69) is 4.72 Å². The Balaban J connectivity index is 1.73. The van der Waals surface area contributed by atoms with Gasteiger partial charge in [0.05, 0.1) is 16.5 Å². The number of hydrogen-bond acceptors (Lipinski definition) is 5. The Morgan fingerprint density at radius 1 is 1.16 bits per heavy atom. The molecule has 3 rings (SSSR count). The van der Waals surface area contributed by atoms with Gasteiger partial charge in [0, 0.05) is 12.6 Å². The van der Waals surface area contributed by atoms with Gasteiger partial charge < -0.3 is 14.2 Å². The van der Waals surface area contributed by atoms with Gasteiger partial charge in [-0.15, -0.1) is 0 Å². The number of sulfonamides is 1. The van der Waals surface area contributed by atoms with Gasteiger partial charge in [0.2, 0.25) is 16.8 Å². The minimum atomic E-state index is -3.70. The van der Waals surface area contributed by atoms with Gasteiger partial charge in [0.25, 0.3) is 0 Å². The highest BCUT2D eigenvalue weighted by atomic mass is 35.5. The summed E-state index contributed by atoms with van der Waals surface area (Å²) in [6, 6.07) is 9.69. The Labute approximate surface area is 151 Å². The number of fused-ring (bicyclic) bond motifs is 1. The molecule has 1 aliphatic rings. The minimum Gasteiger partial charge on any atom is -0.492 e. The van der Waals surface area contributed by atoms with E-state index in [9.17, 15) is 8.42 Å². The van der Waals surface area contributed by atoms with Crippen molar-refractivity contribution in [3.05, 3.63) is 47.0 Å². The molecule has 0 spiro atoms. The third-order valence-corrected chi connectivity index (χ3v) is 5.29. The average molecular weight is 384 g/mol. The number of benzene rings is 2. The predicted molar refractivity (Wildman–Crippen MR) is 93.8 cm³/mol. The van der Waals surface area contributed by atoms with E-state index >= 15 is 0 Å². The van der Waals surface area contributed by atoms with Crippen LogP contribution in [0, 0.1) is 0 Å². The van der Waals surface area contributed by atoms with Crippen LogP contribution in [0.5, 0.6) is 17.2 Å². The lowest BCUT2D eigenvalue weighted by Gasteiger charge is -2.11. The molecule has 0 aliphatic carbocycles. The molecule has 134 valence electrons. The molecule has 0 radical (unpaired) electrons. The second-order valence-electron chi connectivity index (χ2n) is 5.45. The van der Waals surface area contributed by atoms with E-state index < -0.39 is 10.0 Å². The summed E-state index contributed by atoms with van der Waals surface area (Å²) in [4.78, 5) is 0.101. The summed E-state index contributed by atoms with van der Waals surface area (Å²) in [5, 5.41) is 0.378. The summed E-state index contributed by atoms with van der Waals surface area (Å²) in [6.07, 6.45) is 0.801. The van der Waals surface area contributed by atoms with Gasteiger partial charge in [0.1, 0.15) is 5.75 Å². The number of ether oxygens (including phenoxy) is 3. The molecule has 0 amide bonds. The van der Waals surface area contributed by atoms with Crippen LogP contribution < -0.4 is 18.9 Å². The van der Waals surface area contributed by atoms with Gasteiger partial charge in [-0.25, -0.2) is 13.1 Å². The number of hydrogen-bond donors (Lipinski definition) is 1. The Bertz CT molecular complexity index is 869. The summed E-state index contributed by atoms with van der Waals surface area (Å²) in [7, 11) is -3.70. The second-order valence-corrected chi connectivity index (χ2v) is 7.63. The van der Waals surface area contributed by atoms with Crippen LogP contribution in [0.4, 0.5) is 0 Å². The van der Waals surface area contributed by atoms with E-state index in [0.29, 0.717) is 28.9 Å². The zero-order chi connectivity index (χ0) is 17.9. The molecule has 0 atom stereocenters. The van der Waals surface area contributed by atoms with Crippen LogP contribution >= 0.6 is 11.6 Å². The minimum absolute atomic E-state index is 0.101. The van der Waals surface area contributed by atoms with Crippen molar-refractivity contribution in [3.63, 3.8) is 0 Å². The van der Waals surface area contributed by atoms with Gasteiger partial charge in [-0.05, 0) is 36.2 Å². The first kappa shape index (κ1) is 17.8. The van der Waals surface area contributed by atoms with Crippen LogP contribution in [-0.2, 0) is 16.6 Å². The maximum absolute atomic E-state index is 12.5. The van der Waals surface area contributed by atoms with Crippen molar-refractivity contribution in [1.82, 2.24) is 4.72 Å². The molecule has 1 aliphatic heterocycles. The lowest BCUT2D eigenvalue weighted by atomic mass is 10.2. The van der Waals surface area contributed by atoms with Crippen molar-refractivity contribution < 1.29 is 22.6 Å². The topological polar surface area (TPSA) is 73.9 Å². The SMILES string of the molecule is CCCOc1cc(S(=O)(=O)NCc2ccc3c(c2)OCO3)ccc1Cl. The molecule has 8 heteroatoms. The molecule has 0 unspecified atom stereocenters. The quantitative estimate of drug-likeness (QED) is 0.793. The molecule has 0 bridgehead atoms. The number of halogens is 1. The Kier molecular flexibility index (Phi) is 5.36. The van der Waals surface area contributed by atoms with E-state index in [0.717, 1.165) is 12.0 Å². The zero-order valence-corrected chi connectivity index (χ0v) is 15.2. The van der Waals surface area contributed by atoms with Gasteiger partial charge >= 0.3 is 0 Å². The van der Waals surface area contributed by atoms with Gasteiger partial charge in [-0.3, -0.25) is 0 Å². The van der Waals surface area contributed by atoms with E-state index in [1.54, 1.807) is 18.2 Å². The molecule has 1 N–H and O–H groups in total. The summed E-state index contributed by atoms with van der Waals surface area (Å²) in [5.74, 6) is 1.62. The van der Waals surface area contributed by atoms with E-state index in [1.165, 1.54) is 18.2 Å². The van der Waals surface area contributed by atoms with Crippen LogP contribution in [0.1, 0.15) is 18.9 Å². The highest BCUT2D eigenvalue weighted by molar-refractivity contribution is 7.89. The standard InChI is InChI=1S/C17H18ClNO5S/c1-2-7-22-16-9-13(4-5-14(16)18)25(20,21)19-10-12-3-6-15-17(8-12)24-11-23-15/h3-6,8-9,19H,2,7,10-11H2,1H3. The fourth-order valence-electron chi connectivity index (χ4n) is 2.29. The van der Waals surface area contributed by atoms with E-state index in [-0.39, 0.29) is 18.2 Å². The van der Waals surface area contributed by atoms with Crippen LogP contribution in [0.25, 0.3) is 0 Å². The van der Waals surface area contributed by atoms with Crippen molar-refractivity contribution in [2.75, 3.05) is 13.4 Å². The number of rotatable bonds is 7. The second kappa shape index (κ2) is 7.51. The molecule has 0 saturated carbocycles. The summed E-state index contributed by atoms with van der Waals surface area (Å²) >= 11 is 6.04. The Morgan fingerprint density at radius 3 is 2.76 bits per heavy atom. The maximum Gasteiger partial charge on any atom is 0.241 e. The maximum atomic E-state index is 12.5. The smallest absolute Gasteiger partial charge is 0.241 e. The summed E-state index contributed by atoms with van der Waals surface area (Å²) < 4.78 is 43.6. The molecule has 0 fully saturated rings. The van der Waals surface area contributed by atoms with E-state index in [1.807, 2.05) is 6.92 Å². The van der Waals surface area contributed by atoms with Gasteiger partial charge in [0.15, 0.2) is 11.5 Å². The van der Waals surface area contributed by atoms with Gasteiger partial charge in [-0.2, -0.15) is 0 Å². The largest absolute Gasteiger partial charge is 0.492 e. The van der Waals surface area contributed by atoms with Crippen molar-refractivity contribution in [2.24, 2.45) is 0 Å². The predicted octanol–water partition coefficient (Wildman–Crippen LogP) is 3.34. The van der Waals surface area contributed by atoms with Crippen molar-refractivity contribution in [2.45, 2.75) is 24.8 Å². The molecule has 6 nitrogen and oxygen atoms in total. The highest BCUT2D eigenvalue weighted by Gasteiger charge is 2.18. The monoisotopic (exact) mass is 383 g/mol. The lowest BCUT2D eigenvalue weighted by molar-refractivity contribution is 0.174. The van der Waals surface area contributed by atoms with Crippen LogP contribution in [0.2, 0.25) is 5.02 Å². The summed E-state index contributed by atoms with van der Waals surface area (Å²) in [6.45, 7) is 2.73. The molecular formula is C17H18ClNO5S. The highest BCUT2D eigenvalue weighted by Crippen LogP contribution is 2.32. The van der Waals surface area contributed by atoms with Crippen molar-refractivity contribution >= 4 is 21.6 Å². The fraction of sp³-hybridized carbons (Fsp3) is 0.294. The lowest BCUT2D eigenvalue weighted by Crippen LogP contribution is -2.23.